The zero-order valence-corrected chi connectivity index (χ0v) is 16.3. The smallest absolute Gasteiger partial charge is 0.119 e. The molecule has 0 saturated carbocycles. The molecule has 1 unspecified atom stereocenters. The van der Waals surface area contributed by atoms with E-state index in [0.29, 0.717) is 48.2 Å². The van der Waals surface area contributed by atoms with Crippen LogP contribution in [0.15, 0.2) is 24.3 Å². The third-order valence-electron chi connectivity index (χ3n) is 3.10. The van der Waals surface area contributed by atoms with E-state index in [4.69, 9.17) is 18.9 Å². The third kappa shape index (κ3) is 12.8. The Bertz CT molecular complexity index is 484. The molecule has 0 radical (unpaired) electrons. The van der Waals surface area contributed by atoms with Crippen molar-refractivity contribution < 1.29 is 18.9 Å². The normalized spacial score (nSPS) is 10.8. The SMILES string of the molecule is CCNCCOCCOCCOCCOc1ccc(C#CPC)cc1. The molecular formula is C19H30NO4P. The van der Waals surface area contributed by atoms with Crippen LogP contribution in [-0.4, -0.2) is 66.0 Å². The maximum atomic E-state index is 5.62. The predicted octanol–water partition coefficient (Wildman–Crippen LogP) is 2.34. The zero-order valence-electron chi connectivity index (χ0n) is 15.3. The Morgan fingerprint density at radius 2 is 1.48 bits per heavy atom. The molecule has 1 aromatic carbocycles. The summed E-state index contributed by atoms with van der Waals surface area (Å²) in [5, 5.41) is 3.20. The summed E-state index contributed by atoms with van der Waals surface area (Å²) in [5.41, 5.74) is 4.09. The Balaban J connectivity index is 1.90. The summed E-state index contributed by atoms with van der Waals surface area (Å²) in [6.07, 6.45) is 0. The highest BCUT2D eigenvalue weighted by Gasteiger charge is 1.95. The van der Waals surface area contributed by atoms with Crippen molar-refractivity contribution in [1.29, 1.82) is 0 Å². The molecule has 1 N–H and O–H groups in total. The highest BCUT2D eigenvalue weighted by atomic mass is 31.1. The molecular weight excluding hydrogens is 337 g/mol. The van der Waals surface area contributed by atoms with E-state index in [1.165, 1.54) is 0 Å². The minimum atomic E-state index is 0.523. The standard InChI is InChI=1S/C19H30NO4P/c1-3-20-9-10-21-11-12-22-13-14-23-15-16-24-19-6-4-18(5-7-19)8-17-25-2/h4-7,20,25H,3,9-16H2,1-2H3. The van der Waals surface area contributed by atoms with Gasteiger partial charge in [-0.05, 0) is 46.1 Å². The fourth-order valence-electron chi connectivity index (χ4n) is 1.85. The average molecular weight is 367 g/mol. The van der Waals surface area contributed by atoms with Gasteiger partial charge in [-0.25, -0.2) is 0 Å². The molecule has 1 atom stereocenters. The molecule has 140 valence electrons. The van der Waals surface area contributed by atoms with Crippen LogP contribution in [0.3, 0.4) is 0 Å². The molecule has 1 aromatic rings. The lowest BCUT2D eigenvalue weighted by molar-refractivity contribution is 0.00989. The lowest BCUT2D eigenvalue weighted by Crippen LogP contribution is -2.20. The van der Waals surface area contributed by atoms with Gasteiger partial charge in [0.25, 0.3) is 0 Å². The van der Waals surface area contributed by atoms with Crippen molar-refractivity contribution in [1.82, 2.24) is 5.32 Å². The van der Waals surface area contributed by atoms with E-state index >= 15 is 0 Å². The number of likely N-dealkylation sites (N-methyl/N-ethyl adjacent to an activating group) is 1. The molecule has 0 aromatic heterocycles. The van der Waals surface area contributed by atoms with E-state index in [9.17, 15) is 0 Å². The first-order valence-electron chi connectivity index (χ1n) is 8.71. The van der Waals surface area contributed by atoms with Gasteiger partial charge >= 0.3 is 0 Å². The molecule has 0 fully saturated rings. The van der Waals surface area contributed by atoms with Crippen LogP contribution in [0.4, 0.5) is 0 Å². The van der Waals surface area contributed by atoms with Gasteiger partial charge in [-0.2, -0.15) is 0 Å². The number of hydrogen-bond donors (Lipinski definition) is 1. The first-order chi connectivity index (χ1) is 12.4. The van der Waals surface area contributed by atoms with Crippen molar-refractivity contribution in [2.75, 3.05) is 66.0 Å². The monoisotopic (exact) mass is 367 g/mol. The van der Waals surface area contributed by atoms with Gasteiger partial charge in [0.2, 0.25) is 0 Å². The van der Waals surface area contributed by atoms with Crippen molar-refractivity contribution in [3.63, 3.8) is 0 Å². The summed E-state index contributed by atoms with van der Waals surface area (Å²) in [6.45, 7) is 10.1. The van der Waals surface area contributed by atoms with E-state index in [-0.39, 0.29) is 0 Å². The Hall–Kier alpha value is -1.15. The van der Waals surface area contributed by atoms with E-state index < -0.39 is 0 Å². The van der Waals surface area contributed by atoms with Crippen LogP contribution in [0.5, 0.6) is 5.75 Å². The molecule has 1 rings (SSSR count). The molecule has 6 heteroatoms. The maximum Gasteiger partial charge on any atom is 0.119 e. The van der Waals surface area contributed by atoms with Gasteiger partial charge in [-0.15, -0.1) is 0 Å². The molecule has 25 heavy (non-hydrogen) atoms. The lowest BCUT2D eigenvalue weighted by Gasteiger charge is -2.08. The minimum absolute atomic E-state index is 0.523. The van der Waals surface area contributed by atoms with Gasteiger partial charge < -0.3 is 24.3 Å². The summed E-state index contributed by atoms with van der Waals surface area (Å²) < 4.78 is 21.9. The summed E-state index contributed by atoms with van der Waals surface area (Å²) in [4.78, 5) is 0. The first-order valence-corrected chi connectivity index (χ1v) is 10.2. The Morgan fingerprint density at radius 1 is 0.880 bits per heavy atom. The molecule has 0 spiro atoms. The van der Waals surface area contributed by atoms with E-state index in [1.807, 2.05) is 24.3 Å². The summed E-state index contributed by atoms with van der Waals surface area (Å²) in [7, 11) is 0.651. The molecule has 0 heterocycles. The predicted molar refractivity (Wildman–Crippen MR) is 104 cm³/mol. The molecule has 0 aliphatic rings. The van der Waals surface area contributed by atoms with Crippen LogP contribution in [-0.2, 0) is 14.2 Å². The second-order valence-electron chi connectivity index (χ2n) is 5.06. The van der Waals surface area contributed by atoms with Gasteiger partial charge in [0.05, 0.1) is 39.6 Å². The van der Waals surface area contributed by atoms with Crippen molar-refractivity contribution in [2.45, 2.75) is 6.92 Å². The summed E-state index contributed by atoms with van der Waals surface area (Å²) in [6, 6.07) is 7.80. The van der Waals surface area contributed by atoms with E-state index in [0.717, 1.165) is 31.0 Å². The number of hydrogen-bond acceptors (Lipinski definition) is 5. The molecule has 0 aliphatic carbocycles. The van der Waals surface area contributed by atoms with Crippen molar-refractivity contribution in [3.05, 3.63) is 29.8 Å². The fraction of sp³-hybridized carbons (Fsp3) is 0.579. The number of nitrogens with one attached hydrogen (secondary N) is 1. The van der Waals surface area contributed by atoms with Gasteiger partial charge in [-0.1, -0.05) is 18.5 Å². The Morgan fingerprint density at radius 3 is 2.08 bits per heavy atom. The number of benzene rings is 1. The van der Waals surface area contributed by atoms with Crippen LogP contribution in [0, 0.1) is 11.6 Å². The average Bonchev–Trinajstić information content (AvgIpc) is 2.65. The summed E-state index contributed by atoms with van der Waals surface area (Å²) >= 11 is 0. The van der Waals surface area contributed by atoms with Crippen LogP contribution < -0.4 is 10.1 Å². The maximum absolute atomic E-state index is 5.62. The summed E-state index contributed by atoms with van der Waals surface area (Å²) in [5.74, 6) is 3.93. The first kappa shape index (κ1) is 21.9. The minimum Gasteiger partial charge on any atom is -0.491 e. The van der Waals surface area contributed by atoms with Crippen LogP contribution in [0.1, 0.15) is 12.5 Å². The second-order valence-corrected chi connectivity index (χ2v) is 5.81. The second kappa shape index (κ2) is 16.3. The van der Waals surface area contributed by atoms with E-state index in [1.54, 1.807) is 0 Å². The van der Waals surface area contributed by atoms with Crippen LogP contribution in [0.2, 0.25) is 0 Å². The van der Waals surface area contributed by atoms with Crippen molar-refractivity contribution in [2.24, 2.45) is 0 Å². The van der Waals surface area contributed by atoms with Gasteiger partial charge in [0.1, 0.15) is 12.4 Å². The van der Waals surface area contributed by atoms with Gasteiger partial charge in [0.15, 0.2) is 0 Å². The third-order valence-corrected chi connectivity index (χ3v) is 3.47. The van der Waals surface area contributed by atoms with Crippen LogP contribution in [0.25, 0.3) is 0 Å². The largest absolute Gasteiger partial charge is 0.491 e. The molecule has 0 amide bonds. The van der Waals surface area contributed by atoms with Crippen molar-refractivity contribution >= 4 is 8.58 Å². The lowest BCUT2D eigenvalue weighted by atomic mass is 10.2. The Kier molecular flexibility index (Phi) is 14.3. The zero-order chi connectivity index (χ0) is 18.0. The van der Waals surface area contributed by atoms with Crippen molar-refractivity contribution in [3.8, 4) is 17.3 Å². The fourth-order valence-corrected chi connectivity index (χ4v) is 2.12. The molecule has 0 aliphatic heterocycles. The molecule has 0 bridgehead atoms. The Labute approximate surface area is 153 Å². The van der Waals surface area contributed by atoms with Crippen LogP contribution >= 0.6 is 8.58 Å². The van der Waals surface area contributed by atoms with Gasteiger partial charge in [-0.3, -0.25) is 0 Å². The number of rotatable bonds is 14. The van der Waals surface area contributed by atoms with Gasteiger partial charge in [0, 0.05) is 12.1 Å². The highest BCUT2D eigenvalue weighted by Crippen LogP contribution is 2.11. The molecule has 5 nitrogen and oxygen atoms in total. The van der Waals surface area contributed by atoms with E-state index in [2.05, 4.69) is 30.5 Å². The molecule has 0 saturated heterocycles. The quantitative estimate of drug-likeness (QED) is 0.311. The topological polar surface area (TPSA) is 49.0 Å². The highest BCUT2D eigenvalue weighted by molar-refractivity contribution is 7.43. The number of ether oxygens (including phenoxy) is 4.